The average molecular weight is 468 g/mol. The van der Waals surface area contributed by atoms with E-state index in [1.165, 1.54) is 13.3 Å². The van der Waals surface area contributed by atoms with Gasteiger partial charge in [-0.05, 0) is 54.6 Å². The lowest BCUT2D eigenvalue weighted by Gasteiger charge is -2.09. The third kappa shape index (κ3) is 4.50. The lowest BCUT2D eigenvalue weighted by molar-refractivity contribution is 0.588. The third-order valence-electron chi connectivity index (χ3n) is 5.00. The molecule has 4 aromatic rings. The average Bonchev–Trinajstić information content (AvgIpc) is 3.19. The number of benzene rings is 3. The zero-order chi connectivity index (χ0) is 22.9. The molecule has 7 nitrogen and oxygen atoms in total. The van der Waals surface area contributed by atoms with Crippen LogP contribution in [0.5, 0.6) is 0 Å². The van der Waals surface area contributed by atoms with Crippen LogP contribution < -0.4 is 4.72 Å². The molecule has 0 saturated heterocycles. The van der Waals surface area contributed by atoms with Crippen molar-refractivity contribution >= 4 is 43.0 Å². The number of rotatable bonds is 6. The van der Waals surface area contributed by atoms with Gasteiger partial charge in [0, 0.05) is 11.8 Å². The standard InChI is InChI=1S/C23H21N3O4S2/c1-24-32(29,30)22-6-4-3-5-19(22)17-10-13-20-21(15-17)26-23(25-20)14-9-16-7-11-18(12-8-16)31(2,27)28/h3-15,24H,1-2H3,(H,25,26)/b14-9+. The molecule has 0 aliphatic rings. The molecule has 0 amide bonds. The van der Waals surface area contributed by atoms with Gasteiger partial charge in [0.15, 0.2) is 9.84 Å². The lowest BCUT2D eigenvalue weighted by Crippen LogP contribution is -2.19. The first-order valence-electron chi connectivity index (χ1n) is 9.68. The van der Waals surface area contributed by atoms with Crippen molar-refractivity contribution in [2.45, 2.75) is 9.79 Å². The molecule has 32 heavy (non-hydrogen) atoms. The van der Waals surface area contributed by atoms with E-state index in [0.717, 1.165) is 16.6 Å². The fourth-order valence-electron chi connectivity index (χ4n) is 3.32. The molecule has 0 aliphatic carbocycles. The minimum Gasteiger partial charge on any atom is -0.338 e. The van der Waals surface area contributed by atoms with Gasteiger partial charge in [-0.2, -0.15) is 0 Å². The van der Waals surface area contributed by atoms with Crippen LogP contribution in [0.2, 0.25) is 0 Å². The molecular weight excluding hydrogens is 446 g/mol. The molecule has 0 bridgehead atoms. The Bertz CT molecular complexity index is 1540. The number of nitrogens with zero attached hydrogens (tertiary/aromatic N) is 1. The van der Waals surface area contributed by atoms with Crippen LogP contribution in [0, 0.1) is 0 Å². The zero-order valence-electron chi connectivity index (χ0n) is 17.4. The smallest absolute Gasteiger partial charge is 0.240 e. The quantitative estimate of drug-likeness (QED) is 0.449. The van der Waals surface area contributed by atoms with Crippen molar-refractivity contribution < 1.29 is 16.8 Å². The highest BCUT2D eigenvalue weighted by atomic mass is 32.2. The van der Waals surface area contributed by atoms with Crippen molar-refractivity contribution in [1.82, 2.24) is 14.7 Å². The van der Waals surface area contributed by atoms with E-state index < -0.39 is 19.9 Å². The number of fused-ring (bicyclic) bond motifs is 1. The van der Waals surface area contributed by atoms with Gasteiger partial charge in [-0.25, -0.2) is 26.5 Å². The van der Waals surface area contributed by atoms with Crippen molar-refractivity contribution in [2.24, 2.45) is 0 Å². The Morgan fingerprint density at radius 2 is 1.62 bits per heavy atom. The predicted molar refractivity (Wildman–Crippen MR) is 126 cm³/mol. The Morgan fingerprint density at radius 3 is 2.31 bits per heavy atom. The summed E-state index contributed by atoms with van der Waals surface area (Å²) in [5.41, 5.74) is 3.69. The van der Waals surface area contributed by atoms with E-state index in [-0.39, 0.29) is 9.79 Å². The number of imidazole rings is 1. The van der Waals surface area contributed by atoms with Crippen LogP contribution in [0.3, 0.4) is 0 Å². The van der Waals surface area contributed by atoms with Gasteiger partial charge in [0.05, 0.1) is 20.8 Å². The summed E-state index contributed by atoms with van der Waals surface area (Å²) in [5.74, 6) is 0.625. The second-order valence-electron chi connectivity index (χ2n) is 7.23. The van der Waals surface area contributed by atoms with Crippen molar-refractivity contribution in [3.63, 3.8) is 0 Å². The summed E-state index contributed by atoms with van der Waals surface area (Å²) in [5, 5.41) is 0. The first kappa shape index (κ1) is 21.9. The van der Waals surface area contributed by atoms with Crippen molar-refractivity contribution in [2.75, 3.05) is 13.3 Å². The summed E-state index contributed by atoms with van der Waals surface area (Å²) >= 11 is 0. The Morgan fingerprint density at radius 1 is 0.906 bits per heavy atom. The number of sulfonamides is 1. The predicted octanol–water partition coefficient (Wildman–Crippen LogP) is 3.71. The SMILES string of the molecule is CNS(=O)(=O)c1ccccc1-c1ccc2[nH]c(/C=C/c3ccc(S(C)(=O)=O)cc3)nc2c1. The molecule has 0 atom stereocenters. The van der Waals surface area contributed by atoms with Crippen LogP contribution in [0.15, 0.2) is 76.5 Å². The van der Waals surface area contributed by atoms with E-state index in [4.69, 9.17) is 0 Å². The van der Waals surface area contributed by atoms with Crippen LogP contribution in [0.25, 0.3) is 34.3 Å². The summed E-state index contributed by atoms with van der Waals surface area (Å²) < 4.78 is 50.3. The maximum atomic E-state index is 12.4. The molecule has 3 aromatic carbocycles. The zero-order valence-corrected chi connectivity index (χ0v) is 19.0. The van der Waals surface area contributed by atoms with E-state index in [0.29, 0.717) is 16.9 Å². The van der Waals surface area contributed by atoms with E-state index in [2.05, 4.69) is 14.7 Å². The lowest BCUT2D eigenvalue weighted by atomic mass is 10.1. The molecule has 0 fully saturated rings. The maximum Gasteiger partial charge on any atom is 0.240 e. The number of hydrogen-bond donors (Lipinski definition) is 2. The molecule has 0 unspecified atom stereocenters. The first-order valence-corrected chi connectivity index (χ1v) is 13.1. The highest BCUT2D eigenvalue weighted by Crippen LogP contribution is 2.29. The molecule has 1 aromatic heterocycles. The van der Waals surface area contributed by atoms with Crippen LogP contribution in [-0.4, -0.2) is 40.1 Å². The van der Waals surface area contributed by atoms with Crippen LogP contribution in [0.1, 0.15) is 11.4 Å². The second kappa shape index (κ2) is 8.34. The summed E-state index contributed by atoms with van der Waals surface area (Å²) in [6, 6.07) is 19.0. The summed E-state index contributed by atoms with van der Waals surface area (Å²) in [4.78, 5) is 8.26. The van der Waals surface area contributed by atoms with Gasteiger partial charge in [0.1, 0.15) is 5.82 Å². The van der Waals surface area contributed by atoms with Gasteiger partial charge in [-0.3, -0.25) is 0 Å². The van der Waals surface area contributed by atoms with Crippen LogP contribution >= 0.6 is 0 Å². The van der Waals surface area contributed by atoms with Gasteiger partial charge in [-0.1, -0.05) is 42.5 Å². The molecule has 1 heterocycles. The van der Waals surface area contributed by atoms with E-state index in [9.17, 15) is 16.8 Å². The van der Waals surface area contributed by atoms with Gasteiger partial charge in [0.25, 0.3) is 0 Å². The monoisotopic (exact) mass is 467 g/mol. The fraction of sp³-hybridized carbons (Fsp3) is 0.0870. The molecule has 0 spiro atoms. The molecule has 2 N–H and O–H groups in total. The Labute approximate surface area is 186 Å². The van der Waals surface area contributed by atoms with Gasteiger partial charge in [0.2, 0.25) is 10.0 Å². The number of aromatic amines is 1. The molecule has 9 heteroatoms. The number of sulfone groups is 1. The fourth-order valence-corrected chi connectivity index (χ4v) is 4.91. The minimum atomic E-state index is -3.60. The van der Waals surface area contributed by atoms with E-state index >= 15 is 0 Å². The molecule has 4 rings (SSSR count). The van der Waals surface area contributed by atoms with Crippen molar-refractivity contribution in [1.29, 1.82) is 0 Å². The number of aromatic nitrogens is 2. The molecule has 0 radical (unpaired) electrons. The Hall–Kier alpha value is -3.27. The van der Waals surface area contributed by atoms with Gasteiger partial charge < -0.3 is 4.98 Å². The van der Waals surface area contributed by atoms with Crippen LogP contribution in [0.4, 0.5) is 0 Å². The highest BCUT2D eigenvalue weighted by Gasteiger charge is 2.17. The van der Waals surface area contributed by atoms with Gasteiger partial charge >= 0.3 is 0 Å². The minimum absolute atomic E-state index is 0.204. The summed E-state index contributed by atoms with van der Waals surface area (Å²) in [6.45, 7) is 0. The first-order chi connectivity index (χ1) is 15.2. The summed E-state index contributed by atoms with van der Waals surface area (Å²) in [7, 11) is -5.45. The number of hydrogen-bond acceptors (Lipinski definition) is 5. The molecule has 0 saturated carbocycles. The molecule has 0 aliphatic heterocycles. The van der Waals surface area contributed by atoms with Crippen LogP contribution in [-0.2, 0) is 19.9 Å². The number of H-pyrrole nitrogens is 1. The Balaban J connectivity index is 1.66. The highest BCUT2D eigenvalue weighted by molar-refractivity contribution is 7.90. The topological polar surface area (TPSA) is 109 Å². The second-order valence-corrected chi connectivity index (χ2v) is 11.1. The Kier molecular flexibility index (Phi) is 5.72. The van der Waals surface area contributed by atoms with Crippen molar-refractivity contribution in [3.8, 4) is 11.1 Å². The molecular formula is C23H21N3O4S2. The normalized spacial score (nSPS) is 12.6. The summed E-state index contributed by atoms with van der Waals surface area (Å²) in [6.07, 6.45) is 4.81. The molecule has 164 valence electrons. The van der Waals surface area contributed by atoms with E-state index in [1.807, 2.05) is 24.3 Å². The largest absolute Gasteiger partial charge is 0.338 e. The third-order valence-corrected chi connectivity index (χ3v) is 7.60. The number of nitrogens with one attached hydrogen (secondary N) is 2. The maximum absolute atomic E-state index is 12.4. The van der Waals surface area contributed by atoms with Gasteiger partial charge in [-0.15, -0.1) is 0 Å². The van der Waals surface area contributed by atoms with E-state index in [1.54, 1.807) is 54.6 Å². The van der Waals surface area contributed by atoms with Crippen molar-refractivity contribution in [3.05, 3.63) is 78.1 Å².